The molecule has 1 aliphatic rings. The summed E-state index contributed by atoms with van der Waals surface area (Å²) < 4.78 is 0. The molecule has 3 heteroatoms. The summed E-state index contributed by atoms with van der Waals surface area (Å²) in [4.78, 5) is 0. The van der Waals surface area contributed by atoms with E-state index in [1.54, 1.807) is 0 Å². The smallest absolute Gasteiger partial charge is 0.0685 e. The van der Waals surface area contributed by atoms with Crippen molar-refractivity contribution in [3.63, 3.8) is 0 Å². The molecule has 0 saturated heterocycles. The van der Waals surface area contributed by atoms with Crippen molar-refractivity contribution in [3.8, 4) is 0 Å². The van der Waals surface area contributed by atoms with Gasteiger partial charge in [0.2, 0.25) is 0 Å². The number of nitrogens with zero attached hydrogens (tertiary/aromatic N) is 1. The average molecular weight is 207 g/mol. The Bertz CT molecular complexity index is 341. The fraction of sp³-hybridized carbons (Fsp3) is 0.750. The van der Waals surface area contributed by atoms with Gasteiger partial charge in [-0.3, -0.25) is 5.10 Å². The molecule has 0 amide bonds. The van der Waals surface area contributed by atoms with Crippen LogP contribution in [0.1, 0.15) is 49.6 Å². The van der Waals surface area contributed by atoms with Gasteiger partial charge in [0, 0.05) is 23.7 Å². The molecule has 2 N–H and O–H groups in total. The summed E-state index contributed by atoms with van der Waals surface area (Å²) in [5, 5.41) is 11.0. The van der Waals surface area contributed by atoms with Crippen molar-refractivity contribution in [2.75, 3.05) is 13.6 Å². The first-order chi connectivity index (χ1) is 7.15. The van der Waals surface area contributed by atoms with E-state index in [2.05, 4.69) is 36.3 Å². The van der Waals surface area contributed by atoms with Crippen molar-refractivity contribution in [1.82, 2.24) is 15.5 Å². The Labute approximate surface area is 91.7 Å². The van der Waals surface area contributed by atoms with Gasteiger partial charge in [-0.2, -0.15) is 5.10 Å². The second-order valence-corrected chi connectivity index (χ2v) is 5.00. The maximum absolute atomic E-state index is 4.45. The summed E-state index contributed by atoms with van der Waals surface area (Å²) in [6.45, 7) is 7.83. The van der Waals surface area contributed by atoms with Crippen molar-refractivity contribution < 1.29 is 0 Å². The third-order valence-corrected chi connectivity index (χ3v) is 3.47. The molecule has 1 aromatic heterocycles. The Hall–Kier alpha value is -0.830. The Balaban J connectivity index is 2.35. The van der Waals surface area contributed by atoms with Crippen LogP contribution in [-0.2, 0) is 6.42 Å². The number of hydrogen-bond donors (Lipinski definition) is 2. The van der Waals surface area contributed by atoms with Gasteiger partial charge in [-0.25, -0.2) is 0 Å². The fourth-order valence-electron chi connectivity index (χ4n) is 2.68. The number of fused-ring (bicyclic) bond motifs is 1. The summed E-state index contributed by atoms with van der Waals surface area (Å²) >= 11 is 0. The molecule has 0 bridgehead atoms. The molecule has 15 heavy (non-hydrogen) atoms. The average Bonchev–Trinajstić information content (AvgIpc) is 2.68. The van der Waals surface area contributed by atoms with Gasteiger partial charge < -0.3 is 5.32 Å². The molecule has 0 radical (unpaired) electrons. The van der Waals surface area contributed by atoms with E-state index < -0.39 is 0 Å². The number of nitrogens with one attached hydrogen (secondary N) is 2. The van der Waals surface area contributed by atoms with Crippen molar-refractivity contribution in [2.45, 2.75) is 39.0 Å². The molecule has 3 nitrogen and oxygen atoms in total. The van der Waals surface area contributed by atoms with Crippen LogP contribution < -0.4 is 5.32 Å². The first-order valence-corrected chi connectivity index (χ1v) is 5.86. The second kappa shape index (κ2) is 3.97. The quantitative estimate of drug-likeness (QED) is 0.796. The maximum atomic E-state index is 4.45. The molecule has 84 valence electrons. The lowest BCUT2D eigenvalue weighted by Crippen LogP contribution is -2.20. The summed E-state index contributed by atoms with van der Waals surface area (Å²) in [5.41, 5.74) is 4.13. The van der Waals surface area contributed by atoms with Crippen LogP contribution in [0.15, 0.2) is 0 Å². The van der Waals surface area contributed by atoms with Gasteiger partial charge in [-0.1, -0.05) is 20.8 Å². The number of rotatable bonds is 3. The highest BCUT2D eigenvalue weighted by atomic mass is 15.1. The van der Waals surface area contributed by atoms with Gasteiger partial charge in [0.25, 0.3) is 0 Å². The molecule has 1 aromatic rings. The number of H-pyrrole nitrogens is 1. The first kappa shape index (κ1) is 10.7. The summed E-state index contributed by atoms with van der Waals surface area (Å²) in [6.07, 6.45) is 1.15. The highest BCUT2D eigenvalue weighted by molar-refractivity contribution is 5.37. The van der Waals surface area contributed by atoms with E-state index in [4.69, 9.17) is 0 Å². The zero-order chi connectivity index (χ0) is 11.0. The molecule has 0 saturated carbocycles. The number of hydrogen-bond acceptors (Lipinski definition) is 2. The minimum atomic E-state index is 0.523. The lowest BCUT2D eigenvalue weighted by Gasteiger charge is -2.17. The lowest BCUT2D eigenvalue weighted by atomic mass is 9.91. The molecule has 1 heterocycles. The van der Waals surface area contributed by atoms with Crippen molar-refractivity contribution >= 4 is 0 Å². The topological polar surface area (TPSA) is 40.7 Å². The molecule has 1 aliphatic carbocycles. The Morgan fingerprint density at radius 1 is 1.53 bits per heavy atom. The number of aromatic amines is 1. The van der Waals surface area contributed by atoms with Crippen LogP contribution in [0.25, 0.3) is 0 Å². The zero-order valence-corrected chi connectivity index (χ0v) is 10.1. The molecular weight excluding hydrogens is 186 g/mol. The standard InChI is InChI=1S/C12H21N3/c1-7(2)12-11-9(6-13-4)8(3)5-10(11)14-15-12/h7-9,13H,5-6H2,1-4H3,(H,14,15). The van der Waals surface area contributed by atoms with Gasteiger partial charge in [0.1, 0.15) is 0 Å². The molecule has 0 aliphatic heterocycles. The van der Waals surface area contributed by atoms with Gasteiger partial charge >= 0.3 is 0 Å². The van der Waals surface area contributed by atoms with Crippen LogP contribution in [0.4, 0.5) is 0 Å². The van der Waals surface area contributed by atoms with E-state index in [-0.39, 0.29) is 0 Å². The highest BCUT2D eigenvalue weighted by Gasteiger charge is 2.33. The molecule has 0 aromatic carbocycles. The maximum Gasteiger partial charge on any atom is 0.0685 e. The van der Waals surface area contributed by atoms with Crippen molar-refractivity contribution in [3.05, 3.63) is 17.0 Å². The molecule has 0 spiro atoms. The second-order valence-electron chi connectivity index (χ2n) is 5.00. The first-order valence-electron chi connectivity index (χ1n) is 5.86. The minimum absolute atomic E-state index is 0.523. The van der Waals surface area contributed by atoms with Gasteiger partial charge in [0.05, 0.1) is 5.69 Å². The van der Waals surface area contributed by atoms with Gasteiger partial charge in [-0.05, 0) is 25.3 Å². The number of likely N-dealkylation sites (N-methyl/N-ethyl adjacent to an activating group) is 1. The van der Waals surface area contributed by atoms with E-state index >= 15 is 0 Å². The monoisotopic (exact) mass is 207 g/mol. The van der Waals surface area contributed by atoms with Crippen LogP contribution in [0, 0.1) is 5.92 Å². The van der Waals surface area contributed by atoms with Crippen molar-refractivity contribution in [1.29, 1.82) is 0 Å². The normalized spacial score (nSPS) is 24.9. The van der Waals surface area contributed by atoms with Crippen LogP contribution in [0.5, 0.6) is 0 Å². The number of aromatic nitrogens is 2. The molecule has 0 fully saturated rings. The molecule has 2 unspecified atom stereocenters. The lowest BCUT2D eigenvalue weighted by molar-refractivity contribution is 0.471. The van der Waals surface area contributed by atoms with E-state index in [1.165, 1.54) is 17.0 Å². The highest BCUT2D eigenvalue weighted by Crippen LogP contribution is 2.40. The van der Waals surface area contributed by atoms with E-state index in [0.29, 0.717) is 11.8 Å². The van der Waals surface area contributed by atoms with Crippen LogP contribution in [-0.4, -0.2) is 23.8 Å². The minimum Gasteiger partial charge on any atom is -0.319 e. The molecular formula is C12H21N3. The fourth-order valence-corrected chi connectivity index (χ4v) is 2.68. The Kier molecular flexibility index (Phi) is 2.83. The van der Waals surface area contributed by atoms with E-state index in [0.717, 1.165) is 18.9 Å². The van der Waals surface area contributed by atoms with Gasteiger partial charge in [-0.15, -0.1) is 0 Å². The van der Waals surface area contributed by atoms with E-state index in [1.807, 2.05) is 7.05 Å². The van der Waals surface area contributed by atoms with Gasteiger partial charge in [0.15, 0.2) is 0 Å². The van der Waals surface area contributed by atoms with Crippen LogP contribution in [0.2, 0.25) is 0 Å². The largest absolute Gasteiger partial charge is 0.319 e. The third kappa shape index (κ3) is 1.69. The Morgan fingerprint density at radius 2 is 2.27 bits per heavy atom. The van der Waals surface area contributed by atoms with Crippen LogP contribution >= 0.6 is 0 Å². The van der Waals surface area contributed by atoms with Crippen LogP contribution in [0.3, 0.4) is 0 Å². The Morgan fingerprint density at radius 3 is 2.87 bits per heavy atom. The summed E-state index contributed by atoms with van der Waals surface area (Å²) in [6, 6.07) is 0. The third-order valence-electron chi connectivity index (χ3n) is 3.47. The molecule has 2 atom stereocenters. The van der Waals surface area contributed by atoms with E-state index in [9.17, 15) is 0 Å². The summed E-state index contributed by atoms with van der Waals surface area (Å²) in [7, 11) is 2.03. The predicted molar refractivity (Wildman–Crippen MR) is 62.2 cm³/mol. The molecule has 2 rings (SSSR count). The summed E-state index contributed by atoms with van der Waals surface area (Å²) in [5.74, 6) is 1.90. The predicted octanol–water partition coefficient (Wildman–Crippen LogP) is 2.03. The zero-order valence-electron chi connectivity index (χ0n) is 10.1. The SMILES string of the molecule is CNCC1c2c(C(C)C)n[nH]c2CC1C. The van der Waals surface area contributed by atoms with Crippen molar-refractivity contribution in [2.24, 2.45) is 5.92 Å².